The highest BCUT2D eigenvalue weighted by molar-refractivity contribution is 5.91. The Balaban J connectivity index is 4.38. The van der Waals surface area contributed by atoms with Crippen molar-refractivity contribution in [2.75, 3.05) is 13.2 Å². The average Bonchev–Trinajstić information content (AvgIpc) is 2.71. The van der Waals surface area contributed by atoms with Crippen molar-refractivity contribution in [2.24, 2.45) is 0 Å². The van der Waals surface area contributed by atoms with Gasteiger partial charge in [0.2, 0.25) is 0 Å². The zero-order valence-electron chi connectivity index (χ0n) is 18.9. The molecule has 0 rings (SSSR count). The fourth-order valence-corrected chi connectivity index (χ4v) is 2.76. The van der Waals surface area contributed by atoms with E-state index in [2.05, 4.69) is 27.4 Å². The molecule has 0 aromatic carbocycles. The number of unbranched alkanes of at least 4 members (excludes halogenated alkanes) is 8. The number of hydrogen-bond donors (Lipinski definition) is 0. The van der Waals surface area contributed by atoms with Gasteiger partial charge in [-0.15, -0.1) is 0 Å². The number of carbonyl (C=O) groups excluding carboxylic acids is 2. The normalized spacial score (nSPS) is 12.0. The van der Waals surface area contributed by atoms with Gasteiger partial charge in [0.25, 0.3) is 0 Å². The van der Waals surface area contributed by atoms with Crippen molar-refractivity contribution in [1.29, 1.82) is 0 Å². The minimum Gasteiger partial charge on any atom is -0.495 e. The van der Waals surface area contributed by atoms with E-state index in [4.69, 9.17) is 14.2 Å². The Morgan fingerprint density at radius 1 is 0.724 bits per heavy atom. The molecule has 0 bridgehead atoms. The van der Waals surface area contributed by atoms with E-state index in [1.807, 2.05) is 0 Å². The lowest BCUT2D eigenvalue weighted by molar-refractivity contribution is -0.144. The molecule has 29 heavy (non-hydrogen) atoms. The number of rotatable bonds is 19. The van der Waals surface area contributed by atoms with Gasteiger partial charge in [-0.25, -0.2) is 9.59 Å². The Morgan fingerprint density at radius 2 is 1.24 bits per heavy atom. The number of esters is 2. The maximum Gasteiger partial charge on any atom is 0.331 e. The largest absolute Gasteiger partial charge is 0.495 e. The van der Waals surface area contributed by atoms with E-state index in [0.717, 1.165) is 69.9 Å². The van der Waals surface area contributed by atoms with E-state index in [-0.39, 0.29) is 0 Å². The van der Waals surface area contributed by atoms with Gasteiger partial charge in [0.15, 0.2) is 6.10 Å². The smallest absolute Gasteiger partial charge is 0.331 e. The molecule has 0 aromatic rings. The second-order valence-corrected chi connectivity index (χ2v) is 7.36. The van der Waals surface area contributed by atoms with Crippen LogP contribution in [0.3, 0.4) is 0 Å². The third-order valence-electron chi connectivity index (χ3n) is 4.57. The van der Waals surface area contributed by atoms with E-state index >= 15 is 0 Å². The third-order valence-corrected chi connectivity index (χ3v) is 4.57. The minimum atomic E-state index is -0.579. The van der Waals surface area contributed by atoms with Gasteiger partial charge in [-0.1, -0.05) is 78.7 Å². The molecule has 0 heterocycles. The lowest BCUT2D eigenvalue weighted by Gasteiger charge is -2.20. The zero-order valence-corrected chi connectivity index (χ0v) is 18.9. The number of carbonyl (C=O) groups is 2. The molecule has 0 saturated carbocycles. The monoisotopic (exact) mass is 410 g/mol. The molecule has 0 saturated heterocycles. The van der Waals surface area contributed by atoms with Crippen molar-refractivity contribution in [3.63, 3.8) is 0 Å². The van der Waals surface area contributed by atoms with Gasteiger partial charge >= 0.3 is 11.9 Å². The van der Waals surface area contributed by atoms with Crippen molar-refractivity contribution in [1.82, 2.24) is 0 Å². The first-order chi connectivity index (χ1) is 14.0. The Bertz CT molecular complexity index is 470. The Labute approximate surface area is 177 Å². The predicted molar refractivity (Wildman–Crippen MR) is 117 cm³/mol. The fraction of sp³-hybridized carbons (Fsp3) is 0.750. The highest BCUT2D eigenvalue weighted by Gasteiger charge is 2.18. The van der Waals surface area contributed by atoms with Crippen molar-refractivity contribution in [3.8, 4) is 0 Å². The highest BCUT2D eigenvalue weighted by atomic mass is 16.6. The molecule has 5 nitrogen and oxygen atoms in total. The lowest BCUT2D eigenvalue weighted by Crippen LogP contribution is -2.21. The zero-order chi connectivity index (χ0) is 21.7. The van der Waals surface area contributed by atoms with Crippen LogP contribution in [0, 0.1) is 0 Å². The van der Waals surface area contributed by atoms with E-state index in [1.165, 1.54) is 12.8 Å². The van der Waals surface area contributed by atoms with Crippen molar-refractivity contribution in [3.05, 3.63) is 24.5 Å². The standard InChI is InChI=1S/C24H42O5/c1-5-8-11-14-19-27-21(4)22(16-13-10-7-3)29-24(26)18-17-23(25)28-20-15-12-9-6-2/h17-18,22H,4-16,19-20H2,1-3H3/b18-17-. The summed E-state index contributed by atoms with van der Waals surface area (Å²) in [5.41, 5.74) is 0. The number of ether oxygens (including phenoxy) is 3. The van der Waals surface area contributed by atoms with Gasteiger partial charge in [-0.2, -0.15) is 0 Å². The molecular weight excluding hydrogens is 368 g/mol. The molecule has 0 aliphatic heterocycles. The van der Waals surface area contributed by atoms with Crippen LogP contribution in [0.1, 0.15) is 97.8 Å². The molecule has 0 N–H and O–H groups in total. The molecule has 0 fully saturated rings. The molecule has 1 atom stereocenters. The summed E-state index contributed by atoms with van der Waals surface area (Å²) in [7, 11) is 0. The summed E-state index contributed by atoms with van der Waals surface area (Å²) in [4.78, 5) is 23.8. The minimum absolute atomic E-state index is 0.376. The summed E-state index contributed by atoms with van der Waals surface area (Å²) >= 11 is 0. The predicted octanol–water partition coefficient (Wildman–Crippen LogP) is 6.27. The molecule has 0 radical (unpaired) electrons. The van der Waals surface area contributed by atoms with Crippen LogP contribution in [0.2, 0.25) is 0 Å². The molecule has 0 aliphatic rings. The second-order valence-electron chi connectivity index (χ2n) is 7.36. The maximum absolute atomic E-state index is 12.1. The van der Waals surface area contributed by atoms with Gasteiger partial charge in [-0.3, -0.25) is 0 Å². The van der Waals surface area contributed by atoms with Crippen LogP contribution in [0.15, 0.2) is 24.5 Å². The van der Waals surface area contributed by atoms with E-state index in [0.29, 0.717) is 25.4 Å². The van der Waals surface area contributed by atoms with Crippen LogP contribution in [-0.4, -0.2) is 31.3 Å². The Morgan fingerprint density at radius 3 is 1.83 bits per heavy atom. The molecule has 168 valence electrons. The van der Waals surface area contributed by atoms with Crippen LogP contribution < -0.4 is 0 Å². The first-order valence-electron chi connectivity index (χ1n) is 11.4. The highest BCUT2D eigenvalue weighted by Crippen LogP contribution is 2.16. The molecule has 5 heteroatoms. The summed E-state index contributed by atoms with van der Waals surface area (Å²) in [6.07, 6.45) is 14.1. The van der Waals surface area contributed by atoms with Gasteiger partial charge in [0.05, 0.1) is 13.2 Å². The summed E-state index contributed by atoms with van der Waals surface area (Å²) in [5, 5.41) is 0. The van der Waals surface area contributed by atoms with Crippen molar-refractivity contribution >= 4 is 11.9 Å². The van der Waals surface area contributed by atoms with E-state index in [1.54, 1.807) is 0 Å². The molecule has 0 aliphatic carbocycles. The third kappa shape index (κ3) is 16.8. The summed E-state index contributed by atoms with van der Waals surface area (Å²) in [5.74, 6) is -0.616. The second kappa shape index (κ2) is 19.5. The van der Waals surface area contributed by atoms with Gasteiger partial charge in [0, 0.05) is 12.2 Å². The molecule has 0 spiro atoms. The topological polar surface area (TPSA) is 61.8 Å². The van der Waals surface area contributed by atoms with Crippen LogP contribution in [0.4, 0.5) is 0 Å². The average molecular weight is 411 g/mol. The molecule has 0 aromatic heterocycles. The van der Waals surface area contributed by atoms with E-state index < -0.39 is 18.0 Å². The summed E-state index contributed by atoms with van der Waals surface area (Å²) in [6.45, 7) is 11.3. The van der Waals surface area contributed by atoms with Gasteiger partial charge in [0.1, 0.15) is 5.76 Å². The maximum atomic E-state index is 12.1. The Kier molecular flexibility index (Phi) is 18.3. The van der Waals surface area contributed by atoms with Gasteiger partial charge in [-0.05, 0) is 25.7 Å². The van der Waals surface area contributed by atoms with Gasteiger partial charge < -0.3 is 14.2 Å². The molecule has 1 unspecified atom stereocenters. The van der Waals surface area contributed by atoms with Crippen LogP contribution in [0.5, 0.6) is 0 Å². The van der Waals surface area contributed by atoms with Crippen molar-refractivity contribution < 1.29 is 23.8 Å². The molecular formula is C24H42O5. The van der Waals surface area contributed by atoms with Crippen LogP contribution in [0.25, 0.3) is 0 Å². The van der Waals surface area contributed by atoms with Crippen molar-refractivity contribution in [2.45, 2.75) is 104 Å². The lowest BCUT2D eigenvalue weighted by atomic mass is 10.1. The first kappa shape index (κ1) is 27.2. The SMILES string of the molecule is C=C(OCCCCCC)C(CCCCC)OC(=O)/C=C\C(=O)OCCCCCC. The fourth-order valence-electron chi connectivity index (χ4n) is 2.76. The quantitative estimate of drug-likeness (QED) is 0.109. The number of hydrogen-bond acceptors (Lipinski definition) is 5. The van der Waals surface area contributed by atoms with Crippen LogP contribution in [-0.2, 0) is 23.8 Å². The first-order valence-corrected chi connectivity index (χ1v) is 11.4. The summed E-state index contributed by atoms with van der Waals surface area (Å²) in [6, 6.07) is 0. The van der Waals surface area contributed by atoms with Crippen LogP contribution >= 0.6 is 0 Å². The molecule has 0 amide bonds. The van der Waals surface area contributed by atoms with E-state index in [9.17, 15) is 9.59 Å². The Hall–Kier alpha value is -1.78. The summed E-state index contributed by atoms with van der Waals surface area (Å²) < 4.78 is 16.3.